The van der Waals surface area contributed by atoms with Crippen molar-refractivity contribution in [2.24, 2.45) is 4.99 Å². The molecule has 0 unspecified atom stereocenters. The monoisotopic (exact) mass is 443 g/mol. The van der Waals surface area contributed by atoms with E-state index in [0.29, 0.717) is 31.2 Å². The van der Waals surface area contributed by atoms with Crippen molar-refractivity contribution < 1.29 is 13.2 Å². The number of ether oxygens (including phenoxy) is 1. The first-order valence-electron chi connectivity index (χ1n) is 9.97. The zero-order valence-corrected chi connectivity index (χ0v) is 18.7. The molecule has 0 bridgehead atoms. The second-order valence-electron chi connectivity index (χ2n) is 7.14. The van der Waals surface area contributed by atoms with Crippen molar-refractivity contribution in [3.05, 3.63) is 64.3 Å². The summed E-state index contributed by atoms with van der Waals surface area (Å²) in [7, 11) is -3.49. The molecule has 0 atom stereocenters. The molecule has 1 saturated heterocycles. The highest BCUT2D eigenvalue weighted by Gasteiger charge is 2.26. The molecular weight excluding hydrogens is 418 g/mol. The molecule has 2 aromatic carbocycles. The molecule has 6 nitrogen and oxygen atoms in total. The van der Waals surface area contributed by atoms with Gasteiger partial charge in [0, 0.05) is 25.0 Å². The summed E-state index contributed by atoms with van der Waals surface area (Å²) in [5.74, 6) is 0. The maximum absolute atomic E-state index is 12.8. The predicted molar refractivity (Wildman–Crippen MR) is 119 cm³/mol. The van der Waals surface area contributed by atoms with E-state index in [9.17, 15) is 8.42 Å². The van der Waals surface area contributed by atoms with E-state index < -0.39 is 10.0 Å². The zero-order chi connectivity index (χ0) is 21.1. The molecule has 2 heterocycles. The number of aromatic nitrogens is 1. The van der Waals surface area contributed by atoms with Crippen LogP contribution < -0.4 is 4.80 Å². The number of rotatable bonds is 5. The molecule has 0 aliphatic carbocycles. The summed E-state index contributed by atoms with van der Waals surface area (Å²) >= 11 is 1.58. The molecule has 1 fully saturated rings. The quantitative estimate of drug-likeness (QED) is 0.603. The summed E-state index contributed by atoms with van der Waals surface area (Å²) in [5.41, 5.74) is 4.13. The van der Waals surface area contributed by atoms with Crippen LogP contribution in [0.1, 0.15) is 12.5 Å². The molecule has 3 aromatic rings. The first-order valence-corrected chi connectivity index (χ1v) is 12.3. The fraction of sp³-hybridized carbons (Fsp3) is 0.318. The molecule has 0 amide bonds. The molecule has 0 radical (unpaired) electrons. The van der Waals surface area contributed by atoms with Crippen molar-refractivity contribution in [3.8, 4) is 11.3 Å². The lowest BCUT2D eigenvalue weighted by Crippen LogP contribution is -2.40. The van der Waals surface area contributed by atoms with E-state index in [1.807, 2.05) is 24.3 Å². The van der Waals surface area contributed by atoms with Crippen LogP contribution in [0.5, 0.6) is 0 Å². The van der Waals surface area contributed by atoms with Crippen molar-refractivity contribution in [1.82, 2.24) is 8.87 Å². The van der Waals surface area contributed by atoms with Crippen LogP contribution >= 0.6 is 11.3 Å². The van der Waals surface area contributed by atoms with Crippen LogP contribution in [-0.4, -0.2) is 43.6 Å². The van der Waals surface area contributed by atoms with Gasteiger partial charge >= 0.3 is 0 Å². The molecule has 0 spiro atoms. The molecule has 0 saturated carbocycles. The molecule has 30 heavy (non-hydrogen) atoms. The maximum atomic E-state index is 12.8. The van der Waals surface area contributed by atoms with Crippen molar-refractivity contribution in [1.29, 1.82) is 0 Å². The van der Waals surface area contributed by atoms with Crippen LogP contribution in [0.4, 0.5) is 5.69 Å². The van der Waals surface area contributed by atoms with Gasteiger partial charge < -0.3 is 9.30 Å². The Morgan fingerprint density at radius 3 is 2.33 bits per heavy atom. The third-order valence-electron chi connectivity index (χ3n) is 5.13. The second-order valence-corrected chi connectivity index (χ2v) is 9.91. The van der Waals surface area contributed by atoms with Crippen LogP contribution in [0.15, 0.2) is 63.8 Å². The van der Waals surface area contributed by atoms with Crippen molar-refractivity contribution in [3.63, 3.8) is 0 Å². The number of nitrogens with zero attached hydrogens (tertiary/aromatic N) is 3. The molecular formula is C22H25N3O3S2. The SMILES string of the molecule is CCn1c(-c2ccc(S(=O)(=O)N3CCOCC3)cc2)csc1=Nc1ccc(C)cc1. The Morgan fingerprint density at radius 1 is 1.03 bits per heavy atom. The Morgan fingerprint density at radius 2 is 1.70 bits per heavy atom. The Bertz CT molecular complexity index is 1170. The molecule has 158 valence electrons. The minimum absolute atomic E-state index is 0.316. The zero-order valence-electron chi connectivity index (χ0n) is 17.1. The van der Waals surface area contributed by atoms with E-state index in [1.165, 1.54) is 9.87 Å². The average molecular weight is 444 g/mol. The minimum Gasteiger partial charge on any atom is -0.379 e. The highest BCUT2D eigenvalue weighted by molar-refractivity contribution is 7.89. The van der Waals surface area contributed by atoms with E-state index in [4.69, 9.17) is 9.73 Å². The summed E-state index contributed by atoms with van der Waals surface area (Å²) < 4.78 is 34.6. The van der Waals surface area contributed by atoms with E-state index >= 15 is 0 Å². The Hall–Kier alpha value is -2.26. The number of benzene rings is 2. The number of sulfonamides is 1. The molecule has 4 rings (SSSR count). The summed E-state index contributed by atoms with van der Waals surface area (Å²) in [6.07, 6.45) is 0. The number of hydrogen-bond acceptors (Lipinski definition) is 5. The van der Waals surface area contributed by atoms with Crippen molar-refractivity contribution in [2.45, 2.75) is 25.3 Å². The van der Waals surface area contributed by atoms with Crippen LogP contribution in [-0.2, 0) is 21.3 Å². The highest BCUT2D eigenvalue weighted by atomic mass is 32.2. The van der Waals surface area contributed by atoms with Crippen molar-refractivity contribution in [2.75, 3.05) is 26.3 Å². The lowest BCUT2D eigenvalue weighted by Gasteiger charge is -2.26. The largest absolute Gasteiger partial charge is 0.379 e. The van der Waals surface area contributed by atoms with Crippen LogP contribution in [0.3, 0.4) is 0 Å². The smallest absolute Gasteiger partial charge is 0.243 e. The summed E-state index contributed by atoms with van der Waals surface area (Å²) in [5, 5.41) is 2.07. The fourth-order valence-electron chi connectivity index (χ4n) is 3.42. The maximum Gasteiger partial charge on any atom is 0.243 e. The van der Waals surface area contributed by atoms with Crippen molar-refractivity contribution >= 4 is 27.0 Å². The van der Waals surface area contributed by atoms with Gasteiger partial charge in [-0.15, -0.1) is 11.3 Å². The average Bonchev–Trinajstić information content (AvgIpc) is 3.18. The van der Waals surface area contributed by atoms with Crippen LogP contribution in [0, 0.1) is 6.92 Å². The molecule has 0 N–H and O–H groups in total. The summed E-state index contributed by atoms with van der Waals surface area (Å²) in [4.78, 5) is 6.02. The number of aryl methyl sites for hydroxylation is 1. The van der Waals surface area contributed by atoms with E-state index in [2.05, 4.69) is 35.9 Å². The van der Waals surface area contributed by atoms with Gasteiger partial charge in [-0.2, -0.15) is 4.31 Å². The van der Waals surface area contributed by atoms with Gasteiger partial charge in [-0.1, -0.05) is 29.8 Å². The first-order chi connectivity index (χ1) is 14.5. The van der Waals surface area contributed by atoms with Gasteiger partial charge in [-0.05, 0) is 43.7 Å². The Balaban J connectivity index is 1.65. The Kier molecular flexibility index (Phi) is 6.19. The third kappa shape index (κ3) is 4.27. The summed E-state index contributed by atoms with van der Waals surface area (Å²) in [6, 6.07) is 15.3. The molecule has 1 aromatic heterocycles. The van der Waals surface area contributed by atoms with Gasteiger partial charge in [0.25, 0.3) is 0 Å². The van der Waals surface area contributed by atoms with Gasteiger partial charge in [0.05, 0.1) is 29.5 Å². The highest BCUT2D eigenvalue weighted by Crippen LogP contribution is 2.24. The normalized spacial score (nSPS) is 16.1. The van der Waals surface area contributed by atoms with E-state index in [0.717, 1.165) is 28.3 Å². The minimum atomic E-state index is -3.49. The Labute approximate surface area is 181 Å². The number of morpholine rings is 1. The van der Waals surface area contributed by atoms with Gasteiger partial charge in [0.15, 0.2) is 4.80 Å². The topological polar surface area (TPSA) is 63.9 Å². The first kappa shape index (κ1) is 21.0. The second kappa shape index (κ2) is 8.85. The van der Waals surface area contributed by atoms with Crippen LogP contribution in [0.2, 0.25) is 0 Å². The van der Waals surface area contributed by atoms with E-state index in [-0.39, 0.29) is 0 Å². The molecule has 1 aliphatic rings. The number of thiazole rings is 1. The lowest BCUT2D eigenvalue weighted by molar-refractivity contribution is 0.0730. The summed E-state index contributed by atoms with van der Waals surface area (Å²) in [6.45, 7) is 6.59. The molecule has 8 heteroatoms. The lowest BCUT2D eigenvalue weighted by atomic mass is 10.2. The number of hydrogen-bond donors (Lipinski definition) is 0. The van der Waals surface area contributed by atoms with Gasteiger partial charge in [0.2, 0.25) is 10.0 Å². The molecule has 1 aliphatic heterocycles. The van der Waals surface area contributed by atoms with Crippen LogP contribution in [0.25, 0.3) is 11.3 Å². The standard InChI is InChI=1S/C22H25N3O3S2/c1-3-25-21(16-29-22(25)23-19-8-4-17(2)5-9-19)18-6-10-20(11-7-18)30(26,27)24-12-14-28-15-13-24/h4-11,16H,3,12-15H2,1-2H3. The van der Waals surface area contributed by atoms with E-state index in [1.54, 1.807) is 23.5 Å². The fourth-order valence-corrected chi connectivity index (χ4v) is 5.82. The third-order valence-corrected chi connectivity index (χ3v) is 7.91. The van der Waals surface area contributed by atoms with Gasteiger partial charge in [-0.25, -0.2) is 13.4 Å². The van der Waals surface area contributed by atoms with Gasteiger partial charge in [0.1, 0.15) is 0 Å². The van der Waals surface area contributed by atoms with Gasteiger partial charge in [-0.3, -0.25) is 0 Å². The predicted octanol–water partition coefficient (Wildman–Crippen LogP) is 3.80.